The standard InChI is InChI=1S/C15H27N/c1-3-15(2)8-7-13-9-11-5-4-6-12(11)10-14(13)16-15/h11-14,16H,3-10H2,1-2H3. The Morgan fingerprint density at radius 3 is 2.56 bits per heavy atom. The molecule has 0 amide bonds. The SMILES string of the molecule is CCC1(C)CCC2CC3CCCC3CC2N1. The van der Waals surface area contributed by atoms with E-state index in [1.807, 2.05) is 0 Å². The van der Waals surface area contributed by atoms with E-state index in [-0.39, 0.29) is 0 Å². The summed E-state index contributed by atoms with van der Waals surface area (Å²) >= 11 is 0. The molecule has 0 spiro atoms. The Balaban J connectivity index is 1.70. The van der Waals surface area contributed by atoms with Gasteiger partial charge in [-0.25, -0.2) is 0 Å². The van der Waals surface area contributed by atoms with Crippen LogP contribution in [0.25, 0.3) is 0 Å². The first kappa shape index (κ1) is 11.1. The Kier molecular flexibility index (Phi) is 2.78. The molecule has 3 rings (SSSR count). The average Bonchev–Trinajstić information content (AvgIpc) is 2.73. The lowest BCUT2D eigenvalue weighted by atomic mass is 9.67. The molecule has 3 fully saturated rings. The van der Waals surface area contributed by atoms with Crippen molar-refractivity contribution in [1.29, 1.82) is 0 Å². The number of hydrogen-bond donors (Lipinski definition) is 1. The molecule has 0 aromatic carbocycles. The fourth-order valence-electron chi connectivity index (χ4n) is 4.60. The molecule has 0 radical (unpaired) electrons. The molecule has 3 aliphatic rings. The molecule has 1 saturated heterocycles. The van der Waals surface area contributed by atoms with Gasteiger partial charge in [0.05, 0.1) is 0 Å². The van der Waals surface area contributed by atoms with E-state index in [1.54, 1.807) is 12.8 Å². The highest BCUT2D eigenvalue weighted by Gasteiger charge is 2.43. The van der Waals surface area contributed by atoms with Crippen LogP contribution in [0.3, 0.4) is 0 Å². The fraction of sp³-hybridized carbons (Fsp3) is 1.00. The first-order valence-corrected chi connectivity index (χ1v) is 7.48. The molecule has 1 N–H and O–H groups in total. The Morgan fingerprint density at radius 1 is 1.06 bits per heavy atom. The minimum absolute atomic E-state index is 0.451. The minimum Gasteiger partial charge on any atom is -0.308 e. The van der Waals surface area contributed by atoms with E-state index >= 15 is 0 Å². The summed E-state index contributed by atoms with van der Waals surface area (Å²) in [5.74, 6) is 3.20. The van der Waals surface area contributed by atoms with Gasteiger partial charge in [0.2, 0.25) is 0 Å². The van der Waals surface area contributed by atoms with E-state index in [0.29, 0.717) is 5.54 Å². The van der Waals surface area contributed by atoms with Crippen LogP contribution in [0.4, 0.5) is 0 Å². The van der Waals surface area contributed by atoms with Crippen LogP contribution in [0.2, 0.25) is 0 Å². The largest absolute Gasteiger partial charge is 0.308 e. The van der Waals surface area contributed by atoms with Gasteiger partial charge in [-0.1, -0.05) is 26.2 Å². The normalized spacial score (nSPS) is 52.1. The summed E-state index contributed by atoms with van der Waals surface area (Å²) in [6.45, 7) is 4.78. The van der Waals surface area contributed by atoms with Crippen molar-refractivity contribution in [1.82, 2.24) is 5.32 Å². The summed E-state index contributed by atoms with van der Waals surface area (Å²) in [5.41, 5.74) is 0.451. The summed E-state index contributed by atoms with van der Waals surface area (Å²) in [5, 5.41) is 3.99. The molecule has 92 valence electrons. The number of hydrogen-bond acceptors (Lipinski definition) is 1. The van der Waals surface area contributed by atoms with Gasteiger partial charge in [-0.2, -0.15) is 0 Å². The average molecular weight is 221 g/mol. The Hall–Kier alpha value is -0.0400. The maximum atomic E-state index is 3.99. The summed E-state index contributed by atoms with van der Waals surface area (Å²) in [6.07, 6.45) is 11.8. The zero-order valence-corrected chi connectivity index (χ0v) is 11.0. The molecular formula is C15H27N. The summed E-state index contributed by atoms with van der Waals surface area (Å²) in [7, 11) is 0. The van der Waals surface area contributed by atoms with Gasteiger partial charge in [0.15, 0.2) is 0 Å². The van der Waals surface area contributed by atoms with Crippen LogP contribution in [-0.4, -0.2) is 11.6 Å². The van der Waals surface area contributed by atoms with Gasteiger partial charge in [-0.3, -0.25) is 0 Å². The van der Waals surface area contributed by atoms with Crippen LogP contribution < -0.4 is 5.32 Å². The topological polar surface area (TPSA) is 12.0 Å². The van der Waals surface area contributed by atoms with Crippen molar-refractivity contribution in [2.45, 2.75) is 76.8 Å². The predicted molar refractivity (Wildman–Crippen MR) is 68.4 cm³/mol. The molecule has 0 bridgehead atoms. The van der Waals surface area contributed by atoms with Crippen molar-refractivity contribution in [2.75, 3.05) is 0 Å². The first-order chi connectivity index (χ1) is 7.70. The maximum Gasteiger partial charge on any atom is 0.0153 e. The van der Waals surface area contributed by atoms with Gasteiger partial charge in [-0.15, -0.1) is 0 Å². The summed E-state index contributed by atoms with van der Waals surface area (Å²) < 4.78 is 0. The quantitative estimate of drug-likeness (QED) is 0.711. The molecule has 2 saturated carbocycles. The van der Waals surface area contributed by atoms with E-state index in [1.165, 1.54) is 38.5 Å². The zero-order chi connectivity index (χ0) is 11.2. The Bertz CT molecular complexity index is 262. The molecule has 5 unspecified atom stereocenters. The molecule has 1 heteroatoms. The highest BCUT2D eigenvalue weighted by atomic mass is 15.0. The van der Waals surface area contributed by atoms with Crippen molar-refractivity contribution >= 4 is 0 Å². The van der Waals surface area contributed by atoms with Crippen LogP contribution in [0, 0.1) is 17.8 Å². The van der Waals surface area contributed by atoms with Gasteiger partial charge in [0.1, 0.15) is 0 Å². The second kappa shape index (κ2) is 4.01. The number of nitrogens with one attached hydrogen (secondary N) is 1. The third-order valence-electron chi connectivity index (χ3n) is 5.93. The van der Waals surface area contributed by atoms with Gasteiger partial charge >= 0.3 is 0 Å². The van der Waals surface area contributed by atoms with Crippen LogP contribution in [0.1, 0.15) is 65.2 Å². The fourth-order valence-corrected chi connectivity index (χ4v) is 4.60. The number of rotatable bonds is 1. The molecule has 1 heterocycles. The van der Waals surface area contributed by atoms with Gasteiger partial charge in [0.25, 0.3) is 0 Å². The Labute approximate surface area is 100 Å². The molecule has 1 aliphatic heterocycles. The lowest BCUT2D eigenvalue weighted by Crippen LogP contribution is -2.57. The lowest BCUT2D eigenvalue weighted by Gasteiger charge is -2.49. The molecule has 1 nitrogen and oxygen atoms in total. The molecular weight excluding hydrogens is 194 g/mol. The van der Waals surface area contributed by atoms with Gasteiger partial charge in [-0.05, 0) is 56.8 Å². The maximum absolute atomic E-state index is 3.99. The minimum atomic E-state index is 0.451. The molecule has 0 aromatic heterocycles. The third kappa shape index (κ3) is 1.81. The summed E-state index contributed by atoms with van der Waals surface area (Å²) in [6, 6.07) is 0.859. The first-order valence-electron chi connectivity index (χ1n) is 7.48. The van der Waals surface area contributed by atoms with Crippen molar-refractivity contribution < 1.29 is 0 Å². The summed E-state index contributed by atoms with van der Waals surface area (Å²) in [4.78, 5) is 0. The van der Waals surface area contributed by atoms with Crippen LogP contribution >= 0.6 is 0 Å². The number of piperidine rings is 1. The highest BCUT2D eigenvalue weighted by Crippen LogP contribution is 2.48. The van der Waals surface area contributed by atoms with Gasteiger partial charge < -0.3 is 5.32 Å². The van der Waals surface area contributed by atoms with Crippen molar-refractivity contribution in [2.24, 2.45) is 17.8 Å². The van der Waals surface area contributed by atoms with Crippen molar-refractivity contribution in [3.63, 3.8) is 0 Å². The molecule has 5 atom stereocenters. The van der Waals surface area contributed by atoms with Crippen LogP contribution in [0.5, 0.6) is 0 Å². The van der Waals surface area contributed by atoms with E-state index < -0.39 is 0 Å². The molecule has 0 aromatic rings. The van der Waals surface area contributed by atoms with Gasteiger partial charge in [0, 0.05) is 11.6 Å². The highest BCUT2D eigenvalue weighted by molar-refractivity contribution is 5.00. The second-order valence-electron chi connectivity index (χ2n) is 6.89. The van der Waals surface area contributed by atoms with Crippen LogP contribution in [-0.2, 0) is 0 Å². The van der Waals surface area contributed by atoms with E-state index in [0.717, 1.165) is 23.8 Å². The second-order valence-corrected chi connectivity index (χ2v) is 6.89. The Morgan fingerprint density at radius 2 is 1.81 bits per heavy atom. The van der Waals surface area contributed by atoms with Crippen LogP contribution in [0.15, 0.2) is 0 Å². The van der Waals surface area contributed by atoms with E-state index in [2.05, 4.69) is 19.2 Å². The van der Waals surface area contributed by atoms with Crippen molar-refractivity contribution in [3.05, 3.63) is 0 Å². The lowest BCUT2D eigenvalue weighted by molar-refractivity contribution is 0.0742. The third-order valence-corrected chi connectivity index (χ3v) is 5.93. The van der Waals surface area contributed by atoms with E-state index in [4.69, 9.17) is 0 Å². The monoisotopic (exact) mass is 221 g/mol. The smallest absolute Gasteiger partial charge is 0.0153 e. The molecule has 2 aliphatic carbocycles. The van der Waals surface area contributed by atoms with E-state index in [9.17, 15) is 0 Å². The zero-order valence-electron chi connectivity index (χ0n) is 11.0. The van der Waals surface area contributed by atoms with Crippen molar-refractivity contribution in [3.8, 4) is 0 Å². The number of fused-ring (bicyclic) bond motifs is 2. The molecule has 16 heavy (non-hydrogen) atoms. The predicted octanol–water partition coefficient (Wildman–Crippen LogP) is 3.73.